The van der Waals surface area contributed by atoms with E-state index < -0.39 is 0 Å². The molecule has 4 nitrogen and oxygen atoms in total. The maximum atomic E-state index is 5.46. The number of rotatable bonds is 6. The highest BCUT2D eigenvalue weighted by Gasteiger charge is 2.10. The quantitative estimate of drug-likeness (QED) is 0.778. The van der Waals surface area contributed by atoms with Gasteiger partial charge in [-0.2, -0.15) is 5.10 Å². The lowest BCUT2D eigenvalue weighted by atomic mass is 10.2. The highest BCUT2D eigenvalue weighted by atomic mass is 79.9. The topological polar surface area (TPSA) is 39.1 Å². The zero-order valence-electron chi connectivity index (χ0n) is 12.4. The van der Waals surface area contributed by atoms with Crippen molar-refractivity contribution in [1.29, 1.82) is 0 Å². The van der Waals surface area contributed by atoms with Crippen LogP contribution in [0.3, 0.4) is 0 Å². The van der Waals surface area contributed by atoms with Crippen LogP contribution in [0.5, 0.6) is 5.75 Å². The molecule has 2 rings (SSSR count). The summed E-state index contributed by atoms with van der Waals surface area (Å²) in [5.74, 6) is 0.868. The molecule has 0 amide bonds. The van der Waals surface area contributed by atoms with Gasteiger partial charge >= 0.3 is 0 Å². The fraction of sp³-hybridized carbons (Fsp3) is 0.400. The first-order valence-corrected chi connectivity index (χ1v) is 8.37. The Hall–Kier alpha value is -0.850. The van der Waals surface area contributed by atoms with Crippen LogP contribution < -0.4 is 10.1 Å². The highest BCUT2D eigenvalue weighted by molar-refractivity contribution is 9.11. The van der Waals surface area contributed by atoms with E-state index >= 15 is 0 Å². The molecule has 0 spiro atoms. The van der Waals surface area contributed by atoms with Gasteiger partial charge in [-0.25, -0.2) is 0 Å². The summed E-state index contributed by atoms with van der Waals surface area (Å²) in [6.45, 7) is 3.66. The average molecular weight is 417 g/mol. The lowest BCUT2D eigenvalue weighted by molar-refractivity contribution is 0.405. The van der Waals surface area contributed by atoms with E-state index in [4.69, 9.17) is 4.74 Å². The second kappa shape index (κ2) is 7.42. The van der Waals surface area contributed by atoms with Gasteiger partial charge in [0.25, 0.3) is 0 Å². The molecule has 0 fully saturated rings. The number of aromatic nitrogens is 2. The number of halogens is 2. The van der Waals surface area contributed by atoms with Gasteiger partial charge in [-0.15, -0.1) is 0 Å². The van der Waals surface area contributed by atoms with E-state index in [9.17, 15) is 0 Å². The molecule has 0 atom stereocenters. The van der Waals surface area contributed by atoms with Gasteiger partial charge < -0.3 is 10.1 Å². The third kappa shape index (κ3) is 4.08. The van der Waals surface area contributed by atoms with Gasteiger partial charge in [-0.3, -0.25) is 4.68 Å². The Labute approximate surface area is 142 Å². The van der Waals surface area contributed by atoms with E-state index in [2.05, 4.69) is 61.5 Å². The predicted octanol–water partition coefficient (Wildman–Crippen LogP) is 3.81. The Bertz CT molecular complexity index is 626. The van der Waals surface area contributed by atoms with Crippen molar-refractivity contribution in [3.05, 3.63) is 44.1 Å². The first kappa shape index (κ1) is 16.5. The molecule has 0 aliphatic carbocycles. The van der Waals surface area contributed by atoms with Crippen molar-refractivity contribution < 1.29 is 4.74 Å². The smallest absolute Gasteiger partial charge is 0.137 e. The fourth-order valence-electron chi connectivity index (χ4n) is 2.33. The molecule has 0 radical (unpaired) electrons. The van der Waals surface area contributed by atoms with Crippen LogP contribution in [0.15, 0.2) is 27.3 Å². The molecule has 6 heteroatoms. The summed E-state index contributed by atoms with van der Waals surface area (Å²) in [4.78, 5) is 0. The maximum Gasteiger partial charge on any atom is 0.137 e. The van der Waals surface area contributed by atoms with E-state index in [1.165, 1.54) is 5.56 Å². The number of hydrogen-bond acceptors (Lipinski definition) is 3. The summed E-state index contributed by atoms with van der Waals surface area (Å²) in [5, 5.41) is 7.91. The molecule has 21 heavy (non-hydrogen) atoms. The standard InChI is InChI=1S/C15H19Br2N3O/c1-4-14-11(9-20(2)19-14)8-18-7-10-5-12(16)6-13(17)15(10)21-3/h5-6,9,18H,4,7-8H2,1-3H3. The summed E-state index contributed by atoms with van der Waals surface area (Å²) in [6, 6.07) is 4.05. The number of benzene rings is 1. The maximum absolute atomic E-state index is 5.46. The van der Waals surface area contributed by atoms with Crippen LogP contribution in [-0.2, 0) is 26.6 Å². The molecular formula is C15H19Br2N3O. The molecule has 1 heterocycles. The van der Waals surface area contributed by atoms with E-state index in [1.54, 1.807) is 7.11 Å². The van der Waals surface area contributed by atoms with Crippen LogP contribution in [0.4, 0.5) is 0 Å². The molecule has 1 aromatic heterocycles. The van der Waals surface area contributed by atoms with E-state index in [0.29, 0.717) is 0 Å². The molecule has 2 aromatic rings. The lowest BCUT2D eigenvalue weighted by Gasteiger charge is -2.12. The van der Waals surface area contributed by atoms with Gasteiger partial charge in [-0.1, -0.05) is 22.9 Å². The van der Waals surface area contributed by atoms with Crippen molar-refractivity contribution in [2.24, 2.45) is 7.05 Å². The third-order valence-corrected chi connectivity index (χ3v) is 4.29. The van der Waals surface area contributed by atoms with Crippen molar-refractivity contribution in [2.75, 3.05) is 7.11 Å². The van der Waals surface area contributed by atoms with Crippen LogP contribution in [0.1, 0.15) is 23.7 Å². The summed E-state index contributed by atoms with van der Waals surface area (Å²) < 4.78 is 9.31. The highest BCUT2D eigenvalue weighted by Crippen LogP contribution is 2.32. The van der Waals surface area contributed by atoms with Crippen LogP contribution >= 0.6 is 31.9 Å². The number of ether oxygens (including phenoxy) is 1. The monoisotopic (exact) mass is 415 g/mol. The van der Waals surface area contributed by atoms with Crippen LogP contribution in [0.2, 0.25) is 0 Å². The van der Waals surface area contributed by atoms with Crippen molar-refractivity contribution in [1.82, 2.24) is 15.1 Å². The minimum atomic E-state index is 0.735. The van der Waals surface area contributed by atoms with Gasteiger partial charge in [-0.05, 0) is 34.5 Å². The van der Waals surface area contributed by atoms with Gasteiger partial charge in [0.2, 0.25) is 0 Å². The Morgan fingerprint density at radius 1 is 1.24 bits per heavy atom. The van der Waals surface area contributed by atoms with Crippen molar-refractivity contribution in [3.8, 4) is 5.75 Å². The third-order valence-electron chi connectivity index (χ3n) is 3.25. The Balaban J connectivity index is 2.06. The number of methoxy groups -OCH3 is 1. The zero-order chi connectivity index (χ0) is 15.4. The van der Waals surface area contributed by atoms with Gasteiger partial charge in [0.1, 0.15) is 5.75 Å². The number of hydrogen-bond donors (Lipinski definition) is 1. The van der Waals surface area contributed by atoms with E-state index in [-0.39, 0.29) is 0 Å². The van der Waals surface area contributed by atoms with Gasteiger partial charge in [0.15, 0.2) is 0 Å². The number of nitrogens with zero attached hydrogens (tertiary/aromatic N) is 2. The molecule has 0 aliphatic heterocycles. The minimum absolute atomic E-state index is 0.735. The first-order valence-electron chi connectivity index (χ1n) is 6.79. The van der Waals surface area contributed by atoms with Crippen molar-refractivity contribution in [3.63, 3.8) is 0 Å². The molecule has 1 N–H and O–H groups in total. The minimum Gasteiger partial charge on any atom is -0.495 e. The summed E-state index contributed by atoms with van der Waals surface area (Å²) in [6.07, 6.45) is 3.02. The molecule has 0 unspecified atom stereocenters. The fourth-order valence-corrected chi connectivity index (χ4v) is 3.81. The normalized spacial score (nSPS) is 10.9. The predicted molar refractivity (Wildman–Crippen MR) is 91.5 cm³/mol. The number of aryl methyl sites for hydroxylation is 2. The Morgan fingerprint density at radius 3 is 2.62 bits per heavy atom. The largest absolute Gasteiger partial charge is 0.495 e. The van der Waals surface area contributed by atoms with E-state index in [0.717, 1.165) is 45.5 Å². The van der Waals surface area contributed by atoms with Crippen LogP contribution in [0.25, 0.3) is 0 Å². The molecule has 1 aromatic carbocycles. The van der Waals surface area contributed by atoms with Crippen LogP contribution in [-0.4, -0.2) is 16.9 Å². The second-order valence-electron chi connectivity index (χ2n) is 4.81. The molecule has 114 valence electrons. The Kier molecular flexibility index (Phi) is 5.84. The summed E-state index contributed by atoms with van der Waals surface area (Å²) in [7, 11) is 3.64. The molecule has 0 saturated heterocycles. The second-order valence-corrected chi connectivity index (χ2v) is 6.58. The van der Waals surface area contributed by atoms with Gasteiger partial charge in [0, 0.05) is 41.9 Å². The lowest BCUT2D eigenvalue weighted by Crippen LogP contribution is -2.14. The first-order chi connectivity index (χ1) is 10.0. The van der Waals surface area contributed by atoms with E-state index in [1.807, 2.05) is 17.8 Å². The molecule has 0 aliphatic rings. The Morgan fingerprint density at radius 2 is 1.95 bits per heavy atom. The van der Waals surface area contributed by atoms with Crippen molar-refractivity contribution in [2.45, 2.75) is 26.4 Å². The number of nitrogens with one attached hydrogen (secondary N) is 1. The zero-order valence-corrected chi connectivity index (χ0v) is 15.6. The van der Waals surface area contributed by atoms with Crippen molar-refractivity contribution >= 4 is 31.9 Å². The molecular weight excluding hydrogens is 398 g/mol. The molecule has 0 bridgehead atoms. The van der Waals surface area contributed by atoms with Crippen LogP contribution in [0, 0.1) is 0 Å². The summed E-state index contributed by atoms with van der Waals surface area (Å²) >= 11 is 7.04. The average Bonchev–Trinajstić information content (AvgIpc) is 2.78. The summed E-state index contributed by atoms with van der Waals surface area (Å²) in [5.41, 5.74) is 3.50. The van der Waals surface area contributed by atoms with Gasteiger partial charge in [0.05, 0.1) is 17.3 Å². The SMILES string of the molecule is CCc1nn(C)cc1CNCc1cc(Br)cc(Br)c1OC. The molecule has 0 saturated carbocycles.